The number of nitrogens with one attached hydrogen (secondary N) is 1. The Kier molecular flexibility index (Phi) is 5.30. The van der Waals surface area contributed by atoms with Crippen molar-refractivity contribution in [3.05, 3.63) is 29.3 Å². The Hall–Kier alpha value is -0.310. The van der Waals surface area contributed by atoms with E-state index in [1.54, 1.807) is 0 Å². The van der Waals surface area contributed by atoms with Gasteiger partial charge in [-0.05, 0) is 25.0 Å². The Balaban J connectivity index is 0.00000144. The molecule has 0 aromatic heterocycles. The van der Waals surface area contributed by atoms with Crippen molar-refractivity contribution in [2.24, 2.45) is 0 Å². The van der Waals surface area contributed by atoms with E-state index in [9.17, 15) is 4.79 Å². The molecular weight excluding hydrogens is 173 g/mol. The van der Waals surface area contributed by atoms with Gasteiger partial charge >= 0.3 is 29.6 Å². The van der Waals surface area contributed by atoms with Crippen molar-refractivity contribution < 1.29 is 4.79 Å². The molecule has 0 fully saturated rings. The first kappa shape index (κ1) is 12.7. The zero-order chi connectivity index (χ0) is 9.14. The molecule has 1 aromatic rings. The summed E-state index contributed by atoms with van der Waals surface area (Å²) in [5.74, 6) is -0.0209. The van der Waals surface area contributed by atoms with Gasteiger partial charge < -0.3 is 5.32 Å². The molecule has 0 radical (unpaired) electrons. The van der Waals surface area contributed by atoms with E-state index in [1.807, 2.05) is 32.0 Å². The van der Waals surface area contributed by atoms with Crippen LogP contribution >= 0.6 is 0 Å². The van der Waals surface area contributed by atoms with Crippen molar-refractivity contribution in [2.45, 2.75) is 20.8 Å². The van der Waals surface area contributed by atoms with E-state index in [1.165, 1.54) is 6.92 Å². The monoisotopic (exact) mass is 187 g/mol. The molecule has 3 heteroatoms. The summed E-state index contributed by atoms with van der Waals surface area (Å²) >= 11 is 0. The molecule has 1 aromatic carbocycles. The summed E-state index contributed by atoms with van der Waals surface area (Å²) in [5, 5.41) is 2.80. The van der Waals surface area contributed by atoms with Gasteiger partial charge in [-0.3, -0.25) is 4.79 Å². The summed E-state index contributed by atoms with van der Waals surface area (Å²) in [6.07, 6.45) is 0. The Labute approximate surface area is 101 Å². The number of benzene rings is 1. The van der Waals surface area contributed by atoms with Crippen LogP contribution in [0.3, 0.4) is 0 Å². The second-order valence-electron chi connectivity index (χ2n) is 2.95. The number of rotatable bonds is 1. The molecule has 0 aliphatic carbocycles. The number of anilines is 1. The number of hydrogen-bond acceptors (Lipinski definition) is 1. The third-order valence-corrected chi connectivity index (χ3v) is 1.78. The van der Waals surface area contributed by atoms with Crippen LogP contribution in [-0.2, 0) is 4.79 Å². The third-order valence-electron chi connectivity index (χ3n) is 1.78. The van der Waals surface area contributed by atoms with Crippen LogP contribution in [0.4, 0.5) is 5.69 Å². The maximum absolute atomic E-state index is 10.8. The summed E-state index contributed by atoms with van der Waals surface area (Å²) in [5.41, 5.74) is 3.14. The SMILES string of the molecule is CC(=O)Nc1c(C)cccc1C.[NaH]. The predicted molar refractivity (Wildman–Crippen MR) is 57.4 cm³/mol. The van der Waals surface area contributed by atoms with Crippen LogP contribution in [0.2, 0.25) is 0 Å². The molecule has 0 bridgehead atoms. The molecule has 0 saturated heterocycles. The molecule has 66 valence electrons. The minimum atomic E-state index is -0.0209. The Bertz CT molecular complexity index is 290. The molecule has 0 unspecified atom stereocenters. The summed E-state index contributed by atoms with van der Waals surface area (Å²) in [7, 11) is 0. The number of amides is 1. The van der Waals surface area contributed by atoms with E-state index in [0.29, 0.717) is 0 Å². The van der Waals surface area contributed by atoms with E-state index < -0.39 is 0 Å². The third kappa shape index (κ3) is 3.51. The van der Waals surface area contributed by atoms with Gasteiger partial charge in [-0.25, -0.2) is 0 Å². The standard InChI is InChI=1S/C10H13NO.Na.H/c1-7-5-4-6-8(2)10(7)11-9(3)12;;/h4-6H,1-3H3,(H,11,12);;. The summed E-state index contributed by atoms with van der Waals surface area (Å²) in [6, 6.07) is 5.95. The van der Waals surface area contributed by atoms with Crippen molar-refractivity contribution in [3.63, 3.8) is 0 Å². The van der Waals surface area contributed by atoms with Crippen molar-refractivity contribution in [1.29, 1.82) is 0 Å². The molecule has 13 heavy (non-hydrogen) atoms. The zero-order valence-electron chi connectivity index (χ0n) is 7.64. The van der Waals surface area contributed by atoms with Gasteiger partial charge in [-0.2, -0.15) is 0 Å². The fourth-order valence-electron chi connectivity index (χ4n) is 1.19. The number of carbonyl (C=O) groups excluding carboxylic acids is 1. The molecule has 0 aliphatic rings. The molecule has 0 heterocycles. The minimum absolute atomic E-state index is 0. The molecule has 0 spiro atoms. The molecule has 0 atom stereocenters. The van der Waals surface area contributed by atoms with E-state index in [4.69, 9.17) is 0 Å². The zero-order valence-corrected chi connectivity index (χ0v) is 7.64. The molecule has 1 rings (SSSR count). The van der Waals surface area contributed by atoms with E-state index in [-0.39, 0.29) is 35.5 Å². The van der Waals surface area contributed by atoms with E-state index in [2.05, 4.69) is 5.32 Å². The van der Waals surface area contributed by atoms with Gasteiger partial charge in [0.2, 0.25) is 5.91 Å². The van der Waals surface area contributed by atoms with Crippen LogP contribution in [0.1, 0.15) is 18.1 Å². The van der Waals surface area contributed by atoms with Crippen LogP contribution in [0, 0.1) is 13.8 Å². The molecule has 1 N–H and O–H groups in total. The van der Waals surface area contributed by atoms with Crippen molar-refractivity contribution >= 4 is 41.2 Å². The average Bonchev–Trinajstić information content (AvgIpc) is 1.97. The Morgan fingerprint density at radius 3 is 2.08 bits per heavy atom. The van der Waals surface area contributed by atoms with Gasteiger partial charge in [-0.1, -0.05) is 18.2 Å². The van der Waals surface area contributed by atoms with Crippen LogP contribution < -0.4 is 5.32 Å². The van der Waals surface area contributed by atoms with Crippen molar-refractivity contribution in [1.82, 2.24) is 0 Å². The number of carbonyl (C=O) groups is 1. The van der Waals surface area contributed by atoms with E-state index >= 15 is 0 Å². The normalized spacial score (nSPS) is 8.85. The van der Waals surface area contributed by atoms with Crippen molar-refractivity contribution in [2.75, 3.05) is 5.32 Å². The van der Waals surface area contributed by atoms with Crippen LogP contribution in [0.5, 0.6) is 0 Å². The van der Waals surface area contributed by atoms with Gasteiger partial charge in [0.05, 0.1) is 0 Å². The molecule has 1 amide bonds. The summed E-state index contributed by atoms with van der Waals surface area (Å²) < 4.78 is 0. The first-order valence-corrected chi connectivity index (χ1v) is 3.95. The average molecular weight is 187 g/mol. The second-order valence-corrected chi connectivity index (χ2v) is 2.95. The quantitative estimate of drug-likeness (QED) is 0.665. The summed E-state index contributed by atoms with van der Waals surface area (Å²) in [4.78, 5) is 10.8. The Morgan fingerprint density at radius 1 is 1.23 bits per heavy atom. The second kappa shape index (κ2) is 5.43. The van der Waals surface area contributed by atoms with E-state index in [0.717, 1.165) is 16.8 Å². The topological polar surface area (TPSA) is 29.1 Å². The van der Waals surface area contributed by atoms with Gasteiger partial charge in [0.25, 0.3) is 0 Å². The predicted octanol–water partition coefficient (Wildman–Crippen LogP) is 1.61. The molecular formula is C10H14NNaO. The summed E-state index contributed by atoms with van der Waals surface area (Å²) in [6.45, 7) is 5.49. The first-order chi connectivity index (χ1) is 5.61. The van der Waals surface area contributed by atoms with Gasteiger partial charge in [-0.15, -0.1) is 0 Å². The fraction of sp³-hybridized carbons (Fsp3) is 0.300. The first-order valence-electron chi connectivity index (χ1n) is 3.95. The number of hydrogen-bond donors (Lipinski definition) is 1. The van der Waals surface area contributed by atoms with Crippen molar-refractivity contribution in [3.8, 4) is 0 Å². The van der Waals surface area contributed by atoms with Gasteiger partial charge in [0, 0.05) is 12.6 Å². The van der Waals surface area contributed by atoms with Crippen LogP contribution in [-0.4, -0.2) is 35.5 Å². The van der Waals surface area contributed by atoms with Crippen LogP contribution in [0.25, 0.3) is 0 Å². The Morgan fingerprint density at radius 2 is 1.69 bits per heavy atom. The maximum atomic E-state index is 10.8. The number of aryl methyl sites for hydroxylation is 2. The van der Waals surface area contributed by atoms with Crippen LogP contribution in [0.15, 0.2) is 18.2 Å². The molecule has 0 saturated carbocycles. The molecule has 2 nitrogen and oxygen atoms in total. The van der Waals surface area contributed by atoms with Gasteiger partial charge in [0.1, 0.15) is 0 Å². The number of para-hydroxylation sites is 1. The molecule has 0 aliphatic heterocycles. The fourth-order valence-corrected chi connectivity index (χ4v) is 1.19. The van der Waals surface area contributed by atoms with Gasteiger partial charge in [0.15, 0.2) is 0 Å².